The number of benzene rings is 2. The number of hydrogen-bond acceptors (Lipinski definition) is 5. The SMILES string of the molecule is O=C1/C(=C/c2ccc(OCCN3CCCCC3)cc2)CCC/C1=C\c1ccc(OCCN2CCCCC2)cc1. The monoisotopic (exact) mass is 528 g/mol. The van der Waals surface area contributed by atoms with Gasteiger partial charge in [0.25, 0.3) is 0 Å². The molecular formula is C34H44N2O3. The average Bonchev–Trinajstić information content (AvgIpc) is 2.98. The summed E-state index contributed by atoms with van der Waals surface area (Å²) in [5.74, 6) is 1.96. The Morgan fingerprint density at radius 1 is 0.564 bits per heavy atom. The number of piperidine rings is 2. The lowest BCUT2D eigenvalue weighted by molar-refractivity contribution is -0.112. The van der Waals surface area contributed by atoms with Gasteiger partial charge in [0, 0.05) is 24.2 Å². The Balaban J connectivity index is 1.11. The van der Waals surface area contributed by atoms with E-state index in [0.29, 0.717) is 0 Å². The van der Waals surface area contributed by atoms with Crippen molar-refractivity contribution < 1.29 is 14.3 Å². The van der Waals surface area contributed by atoms with Gasteiger partial charge >= 0.3 is 0 Å². The Morgan fingerprint density at radius 3 is 1.38 bits per heavy atom. The number of ether oxygens (including phenoxy) is 2. The van der Waals surface area contributed by atoms with Gasteiger partial charge in [-0.2, -0.15) is 0 Å². The molecule has 0 radical (unpaired) electrons. The van der Waals surface area contributed by atoms with Gasteiger partial charge in [0.15, 0.2) is 5.78 Å². The molecule has 3 aliphatic rings. The molecule has 1 aliphatic carbocycles. The first-order valence-corrected chi connectivity index (χ1v) is 15.1. The maximum Gasteiger partial charge on any atom is 0.185 e. The predicted molar refractivity (Wildman–Crippen MR) is 159 cm³/mol. The third-order valence-electron chi connectivity index (χ3n) is 8.17. The molecule has 2 saturated heterocycles. The summed E-state index contributed by atoms with van der Waals surface area (Å²) in [5, 5.41) is 0. The first-order chi connectivity index (χ1) is 19.2. The van der Waals surface area contributed by atoms with Crippen LogP contribution in [0.2, 0.25) is 0 Å². The van der Waals surface area contributed by atoms with Crippen molar-refractivity contribution in [3.8, 4) is 11.5 Å². The van der Waals surface area contributed by atoms with Crippen molar-refractivity contribution in [2.45, 2.75) is 57.8 Å². The van der Waals surface area contributed by atoms with E-state index in [-0.39, 0.29) is 5.78 Å². The number of likely N-dealkylation sites (tertiary alicyclic amines) is 2. The molecule has 0 bridgehead atoms. The number of allylic oxidation sites excluding steroid dienone is 2. The smallest absolute Gasteiger partial charge is 0.185 e. The van der Waals surface area contributed by atoms with Crippen LogP contribution in [-0.2, 0) is 4.79 Å². The van der Waals surface area contributed by atoms with Gasteiger partial charge in [0.05, 0.1) is 0 Å². The zero-order valence-electron chi connectivity index (χ0n) is 23.4. The molecule has 2 aromatic carbocycles. The van der Waals surface area contributed by atoms with Crippen molar-refractivity contribution in [3.05, 3.63) is 70.8 Å². The van der Waals surface area contributed by atoms with E-state index in [2.05, 4.69) is 34.1 Å². The summed E-state index contributed by atoms with van der Waals surface area (Å²) in [6.07, 6.45) is 14.7. The molecular weight excluding hydrogens is 484 g/mol. The molecule has 1 saturated carbocycles. The fourth-order valence-corrected chi connectivity index (χ4v) is 5.85. The van der Waals surface area contributed by atoms with Crippen molar-refractivity contribution in [1.82, 2.24) is 9.80 Å². The van der Waals surface area contributed by atoms with Gasteiger partial charge in [-0.15, -0.1) is 0 Å². The second kappa shape index (κ2) is 14.5. The summed E-state index contributed by atoms with van der Waals surface area (Å²) in [7, 11) is 0. The quantitative estimate of drug-likeness (QED) is 0.324. The van der Waals surface area contributed by atoms with E-state index in [4.69, 9.17) is 9.47 Å². The van der Waals surface area contributed by atoms with Crippen molar-refractivity contribution in [2.24, 2.45) is 0 Å². The number of carbonyl (C=O) groups is 1. The molecule has 2 aromatic rings. The summed E-state index contributed by atoms with van der Waals surface area (Å²) < 4.78 is 11.9. The van der Waals surface area contributed by atoms with Crippen LogP contribution in [-0.4, -0.2) is 68.1 Å². The highest BCUT2D eigenvalue weighted by molar-refractivity contribution is 6.13. The zero-order chi connectivity index (χ0) is 26.7. The average molecular weight is 529 g/mol. The van der Waals surface area contributed by atoms with Crippen molar-refractivity contribution >= 4 is 17.9 Å². The van der Waals surface area contributed by atoms with E-state index >= 15 is 0 Å². The molecule has 0 spiro atoms. The maximum absolute atomic E-state index is 13.3. The molecule has 5 rings (SSSR count). The number of hydrogen-bond donors (Lipinski definition) is 0. The summed E-state index contributed by atoms with van der Waals surface area (Å²) in [5.41, 5.74) is 3.89. The van der Waals surface area contributed by atoms with E-state index in [1.165, 1.54) is 64.7 Å². The van der Waals surface area contributed by atoms with Crippen molar-refractivity contribution in [2.75, 3.05) is 52.5 Å². The standard InChI is InChI=1S/C34H44N2O3/c37-34-30(26-28-10-14-32(15-11-28)38-24-22-35-18-3-1-4-19-35)8-7-9-31(34)27-29-12-16-33(17-13-29)39-25-23-36-20-5-2-6-21-36/h10-17,26-27H,1-9,18-25H2/b30-26+,31-27+. The highest BCUT2D eigenvalue weighted by Crippen LogP contribution is 2.29. The molecule has 5 nitrogen and oxygen atoms in total. The molecule has 3 fully saturated rings. The lowest BCUT2D eigenvalue weighted by atomic mass is 9.87. The summed E-state index contributed by atoms with van der Waals surface area (Å²) in [6.45, 7) is 8.20. The highest BCUT2D eigenvalue weighted by atomic mass is 16.5. The Kier molecular flexibility index (Phi) is 10.3. The molecule has 39 heavy (non-hydrogen) atoms. The zero-order valence-corrected chi connectivity index (χ0v) is 23.4. The van der Waals surface area contributed by atoms with Crippen molar-refractivity contribution in [3.63, 3.8) is 0 Å². The minimum atomic E-state index is 0.171. The lowest BCUT2D eigenvalue weighted by Crippen LogP contribution is -2.33. The largest absolute Gasteiger partial charge is 0.492 e. The molecule has 0 N–H and O–H groups in total. The van der Waals surface area contributed by atoms with E-state index in [1.54, 1.807) is 0 Å². The fraction of sp³-hybridized carbons (Fsp3) is 0.500. The topological polar surface area (TPSA) is 42.0 Å². The van der Waals surface area contributed by atoms with E-state index in [0.717, 1.165) is 79.3 Å². The number of ketones is 1. The molecule has 0 aromatic heterocycles. The van der Waals surface area contributed by atoms with Crippen LogP contribution in [0.15, 0.2) is 59.7 Å². The second-order valence-electron chi connectivity index (χ2n) is 11.2. The first-order valence-electron chi connectivity index (χ1n) is 15.1. The van der Waals surface area contributed by atoms with Gasteiger partial charge in [0.1, 0.15) is 24.7 Å². The number of Topliss-reactive ketones (excluding diaryl/α,β-unsaturated/α-hetero) is 1. The molecule has 2 aliphatic heterocycles. The molecule has 5 heteroatoms. The van der Waals surface area contributed by atoms with Gasteiger partial charge < -0.3 is 9.47 Å². The normalized spacial score (nSPS) is 21.4. The van der Waals surface area contributed by atoms with Crippen LogP contribution >= 0.6 is 0 Å². The van der Waals surface area contributed by atoms with E-state index in [1.807, 2.05) is 36.4 Å². The Morgan fingerprint density at radius 2 is 0.974 bits per heavy atom. The minimum absolute atomic E-state index is 0.171. The number of rotatable bonds is 10. The van der Waals surface area contributed by atoms with Crippen LogP contribution in [0.3, 0.4) is 0 Å². The predicted octanol–water partition coefficient (Wildman–Crippen LogP) is 6.64. The molecule has 0 amide bonds. The molecule has 0 atom stereocenters. The van der Waals surface area contributed by atoms with Crippen LogP contribution in [0, 0.1) is 0 Å². The minimum Gasteiger partial charge on any atom is -0.492 e. The lowest BCUT2D eigenvalue weighted by Gasteiger charge is -2.26. The van der Waals surface area contributed by atoms with Gasteiger partial charge in [-0.05, 0) is 119 Å². The van der Waals surface area contributed by atoms with Crippen LogP contribution in [0.1, 0.15) is 68.9 Å². The molecule has 0 unspecified atom stereocenters. The van der Waals surface area contributed by atoms with E-state index in [9.17, 15) is 4.79 Å². The Bertz CT molecular complexity index is 1020. The number of nitrogens with zero attached hydrogens (tertiary/aromatic N) is 2. The Hall–Kier alpha value is -2.89. The van der Waals surface area contributed by atoms with E-state index < -0.39 is 0 Å². The van der Waals surface area contributed by atoms with Gasteiger partial charge in [-0.1, -0.05) is 37.1 Å². The summed E-state index contributed by atoms with van der Waals surface area (Å²) in [4.78, 5) is 18.2. The van der Waals surface area contributed by atoms with Crippen LogP contribution in [0.4, 0.5) is 0 Å². The summed E-state index contributed by atoms with van der Waals surface area (Å²) in [6, 6.07) is 16.3. The first kappa shape index (κ1) is 27.7. The van der Waals surface area contributed by atoms with Gasteiger partial charge in [0.2, 0.25) is 0 Å². The highest BCUT2D eigenvalue weighted by Gasteiger charge is 2.20. The van der Waals surface area contributed by atoms with Crippen LogP contribution in [0.5, 0.6) is 11.5 Å². The maximum atomic E-state index is 13.3. The summed E-state index contributed by atoms with van der Waals surface area (Å²) >= 11 is 0. The second-order valence-corrected chi connectivity index (χ2v) is 11.2. The third kappa shape index (κ3) is 8.55. The number of carbonyl (C=O) groups excluding carboxylic acids is 1. The van der Waals surface area contributed by atoms with Crippen LogP contribution in [0.25, 0.3) is 12.2 Å². The van der Waals surface area contributed by atoms with Gasteiger partial charge in [-0.25, -0.2) is 0 Å². The van der Waals surface area contributed by atoms with Gasteiger partial charge in [-0.3, -0.25) is 14.6 Å². The Labute approximate surface area is 234 Å². The fourth-order valence-electron chi connectivity index (χ4n) is 5.85. The van der Waals surface area contributed by atoms with Crippen molar-refractivity contribution in [1.29, 1.82) is 0 Å². The molecule has 208 valence electrons. The molecule has 2 heterocycles. The van der Waals surface area contributed by atoms with Crippen LogP contribution < -0.4 is 9.47 Å². The third-order valence-corrected chi connectivity index (χ3v) is 8.17.